The number of phenolic OH excluding ortho intramolecular Hbond substituents is 1. The van der Waals surface area contributed by atoms with Crippen LogP contribution in [0.25, 0.3) is 0 Å². The molecule has 0 saturated heterocycles. The Morgan fingerprint density at radius 1 is 1.00 bits per heavy atom. The smallest absolute Gasteiger partial charge is 0.115 e. The van der Waals surface area contributed by atoms with Gasteiger partial charge in [-0.15, -0.1) is 0 Å². The Morgan fingerprint density at radius 3 is 2.11 bits per heavy atom. The lowest BCUT2D eigenvalue weighted by atomic mass is 10.0. The fourth-order valence-electron chi connectivity index (χ4n) is 2.39. The molecule has 0 heterocycles. The van der Waals surface area contributed by atoms with E-state index in [-0.39, 0.29) is 6.04 Å². The Bertz CT molecular complexity index is 525. The number of hydrogen-bond donors (Lipinski definition) is 2. The molecule has 2 rings (SSSR count). The summed E-state index contributed by atoms with van der Waals surface area (Å²) in [5.74, 6) is 0.310. The summed E-state index contributed by atoms with van der Waals surface area (Å²) >= 11 is 0. The van der Waals surface area contributed by atoms with Crippen LogP contribution in [0.15, 0.2) is 42.5 Å². The SMILES string of the molecule is CCC(Nc1cc(C)cc(C)c1)c1ccc(O)cc1. The first-order valence-corrected chi connectivity index (χ1v) is 6.72. The number of aryl methyl sites for hydroxylation is 2. The average Bonchev–Trinajstić information content (AvgIpc) is 2.36. The zero-order valence-corrected chi connectivity index (χ0v) is 11.8. The van der Waals surface area contributed by atoms with Gasteiger partial charge in [-0.3, -0.25) is 0 Å². The molecule has 2 aromatic carbocycles. The average molecular weight is 255 g/mol. The summed E-state index contributed by atoms with van der Waals surface area (Å²) in [6, 6.07) is 14.2. The summed E-state index contributed by atoms with van der Waals surface area (Å²) in [5, 5.41) is 12.9. The van der Waals surface area contributed by atoms with Gasteiger partial charge >= 0.3 is 0 Å². The molecule has 1 unspecified atom stereocenters. The van der Waals surface area contributed by atoms with Gasteiger partial charge in [-0.05, 0) is 61.2 Å². The molecule has 2 nitrogen and oxygen atoms in total. The second-order valence-electron chi connectivity index (χ2n) is 5.07. The number of phenols is 1. The molecule has 100 valence electrons. The first kappa shape index (κ1) is 13.5. The molecular weight excluding hydrogens is 234 g/mol. The summed E-state index contributed by atoms with van der Waals surface area (Å²) < 4.78 is 0. The molecule has 0 saturated carbocycles. The number of benzene rings is 2. The fraction of sp³-hybridized carbons (Fsp3) is 0.294. The third kappa shape index (κ3) is 3.50. The van der Waals surface area contributed by atoms with E-state index in [4.69, 9.17) is 0 Å². The Hall–Kier alpha value is -1.96. The van der Waals surface area contributed by atoms with E-state index in [9.17, 15) is 5.11 Å². The molecule has 2 aromatic rings. The van der Waals surface area contributed by atoms with Crippen LogP contribution in [0, 0.1) is 13.8 Å². The van der Waals surface area contributed by atoms with Gasteiger partial charge in [0.2, 0.25) is 0 Å². The van der Waals surface area contributed by atoms with Crippen LogP contribution >= 0.6 is 0 Å². The van der Waals surface area contributed by atoms with Gasteiger partial charge in [0.25, 0.3) is 0 Å². The molecule has 2 heteroatoms. The highest BCUT2D eigenvalue weighted by Gasteiger charge is 2.09. The van der Waals surface area contributed by atoms with Crippen molar-refractivity contribution in [3.8, 4) is 5.75 Å². The molecule has 0 radical (unpaired) electrons. The Balaban J connectivity index is 2.21. The minimum absolute atomic E-state index is 0.266. The molecule has 0 aromatic heterocycles. The second-order valence-corrected chi connectivity index (χ2v) is 5.07. The van der Waals surface area contributed by atoms with Gasteiger partial charge in [-0.2, -0.15) is 0 Å². The van der Waals surface area contributed by atoms with Gasteiger partial charge in [-0.25, -0.2) is 0 Å². The van der Waals surface area contributed by atoms with Crippen molar-refractivity contribution in [2.24, 2.45) is 0 Å². The fourth-order valence-corrected chi connectivity index (χ4v) is 2.39. The first-order valence-electron chi connectivity index (χ1n) is 6.72. The number of nitrogens with one attached hydrogen (secondary N) is 1. The van der Waals surface area contributed by atoms with Crippen molar-refractivity contribution in [2.45, 2.75) is 33.2 Å². The predicted octanol–water partition coefficient (Wildman–Crippen LogP) is 4.57. The minimum Gasteiger partial charge on any atom is -0.508 e. The molecular formula is C17H21NO. The van der Waals surface area contributed by atoms with Crippen molar-refractivity contribution in [1.82, 2.24) is 0 Å². The topological polar surface area (TPSA) is 32.3 Å². The van der Waals surface area contributed by atoms with Crippen LogP contribution in [-0.2, 0) is 0 Å². The van der Waals surface area contributed by atoms with E-state index in [0.717, 1.165) is 12.1 Å². The van der Waals surface area contributed by atoms with Gasteiger partial charge < -0.3 is 10.4 Å². The van der Waals surface area contributed by atoms with Crippen molar-refractivity contribution in [3.63, 3.8) is 0 Å². The largest absolute Gasteiger partial charge is 0.508 e. The lowest BCUT2D eigenvalue weighted by Crippen LogP contribution is -2.09. The summed E-state index contributed by atoms with van der Waals surface area (Å²) in [5.41, 5.74) is 4.88. The van der Waals surface area contributed by atoms with E-state index in [1.807, 2.05) is 12.1 Å². The second kappa shape index (κ2) is 5.79. The van der Waals surface area contributed by atoms with Crippen molar-refractivity contribution in [1.29, 1.82) is 0 Å². The zero-order chi connectivity index (χ0) is 13.8. The van der Waals surface area contributed by atoms with Crippen LogP contribution in [-0.4, -0.2) is 5.11 Å². The van der Waals surface area contributed by atoms with Crippen LogP contribution in [0.2, 0.25) is 0 Å². The highest BCUT2D eigenvalue weighted by Crippen LogP contribution is 2.25. The van der Waals surface area contributed by atoms with E-state index in [2.05, 4.69) is 44.3 Å². The zero-order valence-electron chi connectivity index (χ0n) is 11.8. The van der Waals surface area contributed by atoms with Gasteiger partial charge in [0.1, 0.15) is 5.75 Å². The number of anilines is 1. The van der Waals surface area contributed by atoms with Gasteiger partial charge in [0.05, 0.1) is 6.04 Å². The quantitative estimate of drug-likeness (QED) is 0.838. The van der Waals surface area contributed by atoms with E-state index in [1.54, 1.807) is 12.1 Å². The maximum atomic E-state index is 9.35. The number of rotatable bonds is 4. The molecule has 0 aliphatic heterocycles. The van der Waals surface area contributed by atoms with Crippen molar-refractivity contribution in [2.75, 3.05) is 5.32 Å². The maximum Gasteiger partial charge on any atom is 0.115 e. The lowest BCUT2D eigenvalue weighted by molar-refractivity contribution is 0.475. The van der Waals surface area contributed by atoms with Crippen molar-refractivity contribution >= 4 is 5.69 Å². The molecule has 19 heavy (non-hydrogen) atoms. The van der Waals surface area contributed by atoms with E-state index >= 15 is 0 Å². The molecule has 0 aliphatic rings. The predicted molar refractivity (Wildman–Crippen MR) is 80.7 cm³/mol. The van der Waals surface area contributed by atoms with Crippen LogP contribution < -0.4 is 5.32 Å². The third-order valence-electron chi connectivity index (χ3n) is 3.27. The minimum atomic E-state index is 0.266. The first-order chi connectivity index (χ1) is 9.08. The summed E-state index contributed by atoms with van der Waals surface area (Å²) in [4.78, 5) is 0. The van der Waals surface area contributed by atoms with E-state index in [1.165, 1.54) is 16.7 Å². The van der Waals surface area contributed by atoms with Gasteiger partial charge in [0.15, 0.2) is 0 Å². The highest BCUT2D eigenvalue weighted by atomic mass is 16.3. The summed E-state index contributed by atoms with van der Waals surface area (Å²) in [6.07, 6.45) is 0.998. The highest BCUT2D eigenvalue weighted by molar-refractivity contribution is 5.50. The normalized spacial score (nSPS) is 12.2. The lowest BCUT2D eigenvalue weighted by Gasteiger charge is -2.19. The van der Waals surface area contributed by atoms with Gasteiger partial charge in [0, 0.05) is 5.69 Å². The Kier molecular flexibility index (Phi) is 4.10. The Morgan fingerprint density at radius 2 is 1.58 bits per heavy atom. The number of hydrogen-bond acceptors (Lipinski definition) is 2. The molecule has 1 atom stereocenters. The Labute approximate surface area is 115 Å². The monoisotopic (exact) mass is 255 g/mol. The third-order valence-corrected chi connectivity index (χ3v) is 3.27. The molecule has 0 bridgehead atoms. The van der Waals surface area contributed by atoms with Crippen LogP contribution in [0.1, 0.15) is 36.1 Å². The van der Waals surface area contributed by atoms with Crippen LogP contribution in [0.5, 0.6) is 5.75 Å². The molecule has 2 N–H and O–H groups in total. The number of aromatic hydroxyl groups is 1. The van der Waals surface area contributed by atoms with Crippen LogP contribution in [0.4, 0.5) is 5.69 Å². The molecule has 0 aliphatic carbocycles. The van der Waals surface area contributed by atoms with Crippen LogP contribution in [0.3, 0.4) is 0 Å². The molecule has 0 fully saturated rings. The summed E-state index contributed by atoms with van der Waals surface area (Å²) in [6.45, 7) is 6.38. The molecule has 0 amide bonds. The summed E-state index contributed by atoms with van der Waals surface area (Å²) in [7, 11) is 0. The van der Waals surface area contributed by atoms with Gasteiger partial charge in [-0.1, -0.05) is 25.1 Å². The van der Waals surface area contributed by atoms with Crippen molar-refractivity contribution < 1.29 is 5.11 Å². The standard InChI is InChI=1S/C17H21NO/c1-4-17(14-5-7-16(19)8-6-14)18-15-10-12(2)9-13(3)11-15/h5-11,17-19H,4H2,1-3H3. The van der Waals surface area contributed by atoms with Crippen molar-refractivity contribution in [3.05, 3.63) is 59.2 Å². The maximum absolute atomic E-state index is 9.35. The van der Waals surface area contributed by atoms with E-state index < -0.39 is 0 Å². The van der Waals surface area contributed by atoms with E-state index in [0.29, 0.717) is 5.75 Å². The molecule has 0 spiro atoms.